The summed E-state index contributed by atoms with van der Waals surface area (Å²) in [6.45, 7) is 4.87. The summed E-state index contributed by atoms with van der Waals surface area (Å²) in [6.07, 6.45) is 0.285. The molecule has 1 aromatic carbocycles. The van der Waals surface area contributed by atoms with Gasteiger partial charge in [-0.3, -0.25) is 4.79 Å². The Labute approximate surface area is 127 Å². The number of carbonyl (C=O) groups excluding carboxylic acids is 1. The zero-order valence-electron chi connectivity index (χ0n) is 12.6. The molecule has 0 saturated carbocycles. The van der Waals surface area contributed by atoms with Crippen LogP contribution in [0.25, 0.3) is 11.5 Å². The minimum atomic E-state index is -1.29. The first kappa shape index (κ1) is 15.7. The lowest BCUT2D eigenvalue weighted by Crippen LogP contribution is -2.51. The molecule has 0 aliphatic rings. The number of carboxylic acids is 1. The molecular weight excluding hydrogens is 286 g/mol. The Bertz CT molecular complexity index is 693. The van der Waals surface area contributed by atoms with Gasteiger partial charge in [0.05, 0.1) is 0 Å². The topological polar surface area (TPSA) is 105 Å². The third kappa shape index (κ3) is 3.13. The van der Waals surface area contributed by atoms with E-state index in [1.165, 1.54) is 6.92 Å². The van der Waals surface area contributed by atoms with Crippen molar-refractivity contribution in [2.45, 2.75) is 32.7 Å². The summed E-state index contributed by atoms with van der Waals surface area (Å²) in [7, 11) is 0. The molecule has 1 amide bonds. The van der Waals surface area contributed by atoms with Crippen LogP contribution in [0.5, 0.6) is 0 Å². The SMILES string of the molecule is CCC(C)(NC(=O)c1ccc(-c2nnc(C)o2)cc1)C(=O)O. The van der Waals surface area contributed by atoms with Crippen LogP contribution in [0.4, 0.5) is 0 Å². The van der Waals surface area contributed by atoms with Gasteiger partial charge in [-0.05, 0) is 37.6 Å². The fraction of sp³-hybridized carbons (Fsp3) is 0.333. The van der Waals surface area contributed by atoms with Crippen LogP contribution in [-0.2, 0) is 4.79 Å². The predicted molar refractivity (Wildman–Crippen MR) is 78.3 cm³/mol. The summed E-state index contributed by atoms with van der Waals surface area (Å²) >= 11 is 0. The number of carboxylic acid groups (broad SMARTS) is 1. The van der Waals surface area contributed by atoms with E-state index >= 15 is 0 Å². The number of nitrogens with zero attached hydrogens (tertiary/aromatic N) is 2. The van der Waals surface area contributed by atoms with Gasteiger partial charge in [-0.2, -0.15) is 0 Å². The van der Waals surface area contributed by atoms with E-state index in [0.717, 1.165) is 0 Å². The van der Waals surface area contributed by atoms with Gasteiger partial charge in [0.1, 0.15) is 5.54 Å². The predicted octanol–water partition coefficient (Wildman–Crippen LogP) is 2.03. The maximum absolute atomic E-state index is 12.1. The summed E-state index contributed by atoms with van der Waals surface area (Å²) in [5.74, 6) is -0.688. The second kappa shape index (κ2) is 5.97. The number of aryl methyl sites for hydroxylation is 1. The minimum Gasteiger partial charge on any atom is -0.480 e. The van der Waals surface area contributed by atoms with Crippen molar-refractivity contribution in [2.24, 2.45) is 0 Å². The van der Waals surface area contributed by atoms with E-state index in [0.29, 0.717) is 22.9 Å². The van der Waals surface area contributed by atoms with Gasteiger partial charge in [0.15, 0.2) is 0 Å². The molecule has 2 rings (SSSR count). The molecule has 0 bridgehead atoms. The first-order valence-corrected chi connectivity index (χ1v) is 6.82. The first-order chi connectivity index (χ1) is 10.4. The Hall–Kier alpha value is -2.70. The summed E-state index contributed by atoms with van der Waals surface area (Å²) in [6, 6.07) is 6.52. The smallest absolute Gasteiger partial charge is 0.329 e. The lowest BCUT2D eigenvalue weighted by atomic mass is 9.98. The molecule has 0 radical (unpaired) electrons. The third-order valence-corrected chi connectivity index (χ3v) is 3.49. The highest BCUT2D eigenvalue weighted by molar-refractivity contribution is 5.98. The molecule has 7 heteroatoms. The Morgan fingerprint density at radius 2 is 1.91 bits per heavy atom. The zero-order valence-corrected chi connectivity index (χ0v) is 12.6. The number of carbonyl (C=O) groups is 2. The van der Waals surface area contributed by atoms with Crippen molar-refractivity contribution < 1.29 is 19.1 Å². The second-order valence-electron chi connectivity index (χ2n) is 5.15. The van der Waals surface area contributed by atoms with Crippen LogP contribution in [0.15, 0.2) is 28.7 Å². The number of benzene rings is 1. The maximum atomic E-state index is 12.1. The van der Waals surface area contributed by atoms with Gasteiger partial charge < -0.3 is 14.8 Å². The largest absolute Gasteiger partial charge is 0.480 e. The van der Waals surface area contributed by atoms with Gasteiger partial charge in [0.25, 0.3) is 5.91 Å². The van der Waals surface area contributed by atoms with E-state index in [1.54, 1.807) is 38.1 Å². The average Bonchev–Trinajstić information content (AvgIpc) is 2.93. The van der Waals surface area contributed by atoms with E-state index in [-0.39, 0.29) is 6.42 Å². The minimum absolute atomic E-state index is 0.285. The van der Waals surface area contributed by atoms with Crippen molar-refractivity contribution in [3.05, 3.63) is 35.7 Å². The molecule has 0 spiro atoms. The van der Waals surface area contributed by atoms with E-state index in [1.807, 2.05) is 0 Å². The van der Waals surface area contributed by atoms with E-state index in [9.17, 15) is 14.7 Å². The zero-order chi connectivity index (χ0) is 16.3. The summed E-state index contributed by atoms with van der Waals surface area (Å²) in [5, 5.41) is 19.3. The number of aromatic nitrogens is 2. The van der Waals surface area contributed by atoms with Crippen LogP contribution in [0.2, 0.25) is 0 Å². The highest BCUT2D eigenvalue weighted by atomic mass is 16.4. The molecule has 0 aliphatic carbocycles. The molecule has 2 N–H and O–H groups in total. The average molecular weight is 303 g/mol. The van der Waals surface area contributed by atoms with Gasteiger partial charge in [0, 0.05) is 18.1 Å². The molecule has 22 heavy (non-hydrogen) atoms. The Kier molecular flexibility index (Phi) is 4.25. The molecule has 1 aromatic heterocycles. The first-order valence-electron chi connectivity index (χ1n) is 6.82. The Morgan fingerprint density at radius 3 is 2.36 bits per heavy atom. The number of nitrogens with one attached hydrogen (secondary N) is 1. The molecular formula is C15H17N3O4. The van der Waals surface area contributed by atoms with Gasteiger partial charge >= 0.3 is 5.97 Å². The standard InChI is InChI=1S/C15H17N3O4/c1-4-15(3,14(20)21)16-12(19)10-5-7-11(8-6-10)13-18-17-9(2)22-13/h5-8H,4H2,1-3H3,(H,16,19)(H,20,21). The van der Waals surface area contributed by atoms with Crippen LogP contribution in [-0.4, -0.2) is 32.7 Å². The van der Waals surface area contributed by atoms with E-state index < -0.39 is 17.4 Å². The highest BCUT2D eigenvalue weighted by Crippen LogP contribution is 2.19. The van der Waals surface area contributed by atoms with Crippen LogP contribution in [0.1, 0.15) is 36.5 Å². The number of aliphatic carboxylic acids is 1. The van der Waals surface area contributed by atoms with Crippen molar-refractivity contribution in [3.8, 4) is 11.5 Å². The van der Waals surface area contributed by atoms with Gasteiger partial charge in [0.2, 0.25) is 11.8 Å². The van der Waals surface area contributed by atoms with Crippen molar-refractivity contribution in [1.29, 1.82) is 0 Å². The van der Waals surface area contributed by atoms with Crippen LogP contribution in [0, 0.1) is 6.92 Å². The molecule has 0 aliphatic heterocycles. The third-order valence-electron chi connectivity index (χ3n) is 3.49. The van der Waals surface area contributed by atoms with Crippen molar-refractivity contribution in [3.63, 3.8) is 0 Å². The van der Waals surface area contributed by atoms with Crippen molar-refractivity contribution in [2.75, 3.05) is 0 Å². The fourth-order valence-electron chi connectivity index (χ4n) is 1.79. The summed E-state index contributed by atoms with van der Waals surface area (Å²) in [4.78, 5) is 23.4. The van der Waals surface area contributed by atoms with E-state index in [4.69, 9.17) is 4.42 Å². The number of amides is 1. The second-order valence-corrected chi connectivity index (χ2v) is 5.15. The molecule has 0 fully saturated rings. The quantitative estimate of drug-likeness (QED) is 0.875. The Balaban J connectivity index is 2.16. The molecule has 7 nitrogen and oxygen atoms in total. The highest BCUT2D eigenvalue weighted by Gasteiger charge is 2.32. The molecule has 1 heterocycles. The van der Waals surface area contributed by atoms with Gasteiger partial charge in [-0.15, -0.1) is 10.2 Å². The fourth-order valence-corrected chi connectivity index (χ4v) is 1.79. The van der Waals surface area contributed by atoms with E-state index in [2.05, 4.69) is 15.5 Å². The Morgan fingerprint density at radius 1 is 1.27 bits per heavy atom. The summed E-state index contributed by atoms with van der Waals surface area (Å²) in [5.41, 5.74) is -0.242. The lowest BCUT2D eigenvalue weighted by molar-refractivity contribution is -0.143. The van der Waals surface area contributed by atoms with Crippen molar-refractivity contribution in [1.82, 2.24) is 15.5 Å². The molecule has 116 valence electrons. The number of hydrogen-bond donors (Lipinski definition) is 2. The number of rotatable bonds is 5. The van der Waals surface area contributed by atoms with Gasteiger partial charge in [-0.1, -0.05) is 6.92 Å². The van der Waals surface area contributed by atoms with Crippen LogP contribution < -0.4 is 5.32 Å². The van der Waals surface area contributed by atoms with Crippen LogP contribution >= 0.6 is 0 Å². The normalized spacial score (nSPS) is 13.4. The van der Waals surface area contributed by atoms with Gasteiger partial charge in [-0.25, -0.2) is 4.79 Å². The van der Waals surface area contributed by atoms with Crippen molar-refractivity contribution >= 4 is 11.9 Å². The molecule has 1 atom stereocenters. The maximum Gasteiger partial charge on any atom is 0.329 e. The molecule has 1 unspecified atom stereocenters. The van der Waals surface area contributed by atoms with Crippen LogP contribution in [0.3, 0.4) is 0 Å². The summed E-state index contributed by atoms with van der Waals surface area (Å²) < 4.78 is 5.30. The molecule has 0 saturated heterocycles. The lowest BCUT2D eigenvalue weighted by Gasteiger charge is -2.24. The monoisotopic (exact) mass is 303 g/mol. The number of hydrogen-bond acceptors (Lipinski definition) is 5. The molecule has 2 aromatic rings.